The molecular weight excluding hydrogens is 248 g/mol. The number of benzene rings is 2. The lowest BCUT2D eigenvalue weighted by Gasteiger charge is -2.07. The van der Waals surface area contributed by atoms with Crippen LogP contribution in [0.2, 0.25) is 0 Å². The Kier molecular flexibility index (Phi) is 5.33. The molecule has 2 aromatic carbocycles. The van der Waals surface area contributed by atoms with E-state index in [-0.39, 0.29) is 12.4 Å². The number of anilines is 2. The Balaban J connectivity index is 0.00000162. The van der Waals surface area contributed by atoms with Crippen molar-refractivity contribution >= 4 is 23.8 Å². The molecule has 0 aliphatic heterocycles. The van der Waals surface area contributed by atoms with Crippen molar-refractivity contribution < 1.29 is 4.74 Å². The van der Waals surface area contributed by atoms with Crippen molar-refractivity contribution in [3.63, 3.8) is 0 Å². The molecule has 18 heavy (non-hydrogen) atoms. The van der Waals surface area contributed by atoms with Crippen LogP contribution in [0.5, 0.6) is 5.75 Å². The van der Waals surface area contributed by atoms with Gasteiger partial charge in [-0.2, -0.15) is 0 Å². The van der Waals surface area contributed by atoms with Crippen LogP contribution in [-0.2, 0) is 6.54 Å². The number of nitrogen functional groups attached to an aromatic ring is 1. The highest BCUT2D eigenvalue weighted by Gasteiger charge is 1.95. The lowest BCUT2D eigenvalue weighted by atomic mass is 10.2. The van der Waals surface area contributed by atoms with Crippen LogP contribution in [0.3, 0.4) is 0 Å². The first-order valence-corrected chi connectivity index (χ1v) is 5.50. The van der Waals surface area contributed by atoms with Crippen molar-refractivity contribution in [1.29, 1.82) is 0 Å². The number of methoxy groups -OCH3 is 1. The Hall–Kier alpha value is -1.87. The molecule has 0 saturated carbocycles. The summed E-state index contributed by atoms with van der Waals surface area (Å²) in [5.74, 6) is 0.873. The van der Waals surface area contributed by atoms with Crippen molar-refractivity contribution in [2.45, 2.75) is 6.54 Å². The average Bonchev–Trinajstić information content (AvgIpc) is 2.37. The number of rotatable bonds is 4. The highest BCUT2D eigenvalue weighted by atomic mass is 35.5. The third kappa shape index (κ3) is 3.86. The Bertz CT molecular complexity index is 485. The summed E-state index contributed by atoms with van der Waals surface area (Å²) in [6.07, 6.45) is 0. The fraction of sp³-hybridized carbons (Fsp3) is 0.143. The van der Waals surface area contributed by atoms with E-state index >= 15 is 0 Å². The molecule has 0 saturated heterocycles. The summed E-state index contributed by atoms with van der Waals surface area (Å²) in [5.41, 5.74) is 8.71. The minimum absolute atomic E-state index is 0. The molecule has 4 heteroatoms. The average molecular weight is 265 g/mol. The van der Waals surface area contributed by atoms with Gasteiger partial charge in [0.2, 0.25) is 0 Å². The molecule has 0 fully saturated rings. The molecule has 0 spiro atoms. The van der Waals surface area contributed by atoms with Crippen LogP contribution >= 0.6 is 12.4 Å². The lowest BCUT2D eigenvalue weighted by Crippen LogP contribution is -1.99. The second kappa shape index (κ2) is 6.77. The molecular formula is C14H17ClN2O. The van der Waals surface area contributed by atoms with Crippen molar-refractivity contribution in [2.75, 3.05) is 18.2 Å². The van der Waals surface area contributed by atoms with Gasteiger partial charge in [0.05, 0.1) is 7.11 Å². The standard InChI is InChI=1S/C14H16N2O.ClH/c1-17-14-7-5-11(6-8-14)10-16-13-4-2-3-12(15)9-13;/h2-9,16H,10,15H2,1H3;1H. The SMILES string of the molecule is COc1ccc(CNc2cccc(N)c2)cc1.Cl. The van der Waals surface area contributed by atoms with Crippen molar-refractivity contribution in [3.05, 3.63) is 54.1 Å². The highest BCUT2D eigenvalue weighted by Crippen LogP contribution is 2.15. The second-order valence-corrected chi connectivity index (χ2v) is 3.83. The molecule has 0 unspecified atom stereocenters. The van der Waals surface area contributed by atoms with E-state index in [4.69, 9.17) is 10.5 Å². The summed E-state index contributed by atoms with van der Waals surface area (Å²) in [5, 5.41) is 3.32. The topological polar surface area (TPSA) is 47.3 Å². The molecule has 0 amide bonds. The van der Waals surface area contributed by atoms with Gasteiger partial charge in [0.15, 0.2) is 0 Å². The third-order valence-corrected chi connectivity index (χ3v) is 2.54. The van der Waals surface area contributed by atoms with E-state index in [0.29, 0.717) is 0 Å². The zero-order valence-corrected chi connectivity index (χ0v) is 11.0. The first-order valence-electron chi connectivity index (χ1n) is 5.50. The fourth-order valence-electron chi connectivity index (χ4n) is 1.60. The Labute approximate surface area is 113 Å². The predicted octanol–water partition coefficient (Wildman–Crippen LogP) is 3.31. The largest absolute Gasteiger partial charge is 0.497 e. The molecule has 3 nitrogen and oxygen atoms in total. The normalized spacial score (nSPS) is 9.39. The maximum Gasteiger partial charge on any atom is 0.118 e. The van der Waals surface area contributed by atoms with Crippen molar-refractivity contribution in [3.8, 4) is 5.75 Å². The number of hydrogen-bond acceptors (Lipinski definition) is 3. The number of nitrogens with one attached hydrogen (secondary N) is 1. The van der Waals surface area contributed by atoms with Gasteiger partial charge in [0, 0.05) is 17.9 Å². The van der Waals surface area contributed by atoms with Crippen LogP contribution in [0.25, 0.3) is 0 Å². The monoisotopic (exact) mass is 264 g/mol. The van der Waals surface area contributed by atoms with E-state index in [2.05, 4.69) is 5.32 Å². The summed E-state index contributed by atoms with van der Waals surface area (Å²) in [6.45, 7) is 0.771. The van der Waals surface area contributed by atoms with Crippen LogP contribution in [0.4, 0.5) is 11.4 Å². The second-order valence-electron chi connectivity index (χ2n) is 3.83. The predicted molar refractivity (Wildman–Crippen MR) is 78.4 cm³/mol. The van der Waals surface area contributed by atoms with Gasteiger partial charge in [0.1, 0.15) is 5.75 Å². The Morgan fingerprint density at radius 2 is 1.83 bits per heavy atom. The summed E-state index contributed by atoms with van der Waals surface area (Å²) in [4.78, 5) is 0. The minimum atomic E-state index is 0. The van der Waals surface area contributed by atoms with Gasteiger partial charge in [-0.1, -0.05) is 18.2 Å². The zero-order valence-electron chi connectivity index (χ0n) is 10.2. The summed E-state index contributed by atoms with van der Waals surface area (Å²) in [6, 6.07) is 15.7. The molecule has 0 aliphatic rings. The Morgan fingerprint density at radius 3 is 2.44 bits per heavy atom. The molecule has 0 bridgehead atoms. The molecule has 96 valence electrons. The van der Waals surface area contributed by atoms with Gasteiger partial charge < -0.3 is 15.8 Å². The van der Waals surface area contributed by atoms with Crippen molar-refractivity contribution in [1.82, 2.24) is 0 Å². The summed E-state index contributed by atoms with van der Waals surface area (Å²) in [7, 11) is 1.67. The van der Waals surface area contributed by atoms with E-state index < -0.39 is 0 Å². The van der Waals surface area contributed by atoms with Crippen LogP contribution < -0.4 is 15.8 Å². The van der Waals surface area contributed by atoms with Crippen molar-refractivity contribution in [2.24, 2.45) is 0 Å². The van der Waals surface area contributed by atoms with Gasteiger partial charge in [-0.3, -0.25) is 0 Å². The van der Waals surface area contributed by atoms with E-state index in [9.17, 15) is 0 Å². The molecule has 2 rings (SSSR count). The lowest BCUT2D eigenvalue weighted by molar-refractivity contribution is 0.414. The summed E-state index contributed by atoms with van der Waals surface area (Å²) >= 11 is 0. The number of ether oxygens (including phenoxy) is 1. The molecule has 0 radical (unpaired) electrons. The number of halogens is 1. The Morgan fingerprint density at radius 1 is 1.11 bits per heavy atom. The van der Waals surface area contributed by atoms with Gasteiger partial charge >= 0.3 is 0 Å². The first-order chi connectivity index (χ1) is 8.28. The third-order valence-electron chi connectivity index (χ3n) is 2.54. The number of hydrogen-bond donors (Lipinski definition) is 2. The summed E-state index contributed by atoms with van der Waals surface area (Å²) < 4.78 is 5.11. The van der Waals surface area contributed by atoms with Crippen LogP contribution in [-0.4, -0.2) is 7.11 Å². The molecule has 0 aromatic heterocycles. The fourth-order valence-corrected chi connectivity index (χ4v) is 1.60. The smallest absolute Gasteiger partial charge is 0.118 e. The minimum Gasteiger partial charge on any atom is -0.497 e. The molecule has 3 N–H and O–H groups in total. The maximum absolute atomic E-state index is 5.71. The van der Waals surface area contributed by atoms with Gasteiger partial charge in [0.25, 0.3) is 0 Å². The van der Waals surface area contributed by atoms with Gasteiger partial charge in [-0.05, 0) is 35.9 Å². The zero-order chi connectivity index (χ0) is 12.1. The van der Waals surface area contributed by atoms with Gasteiger partial charge in [-0.25, -0.2) is 0 Å². The molecule has 0 aliphatic carbocycles. The van der Waals surface area contributed by atoms with Crippen LogP contribution in [0, 0.1) is 0 Å². The molecule has 0 heterocycles. The molecule has 0 atom stereocenters. The number of nitrogens with two attached hydrogens (primary N) is 1. The molecule has 2 aromatic rings. The van der Waals surface area contributed by atoms with Crippen LogP contribution in [0.1, 0.15) is 5.56 Å². The quantitative estimate of drug-likeness (QED) is 0.833. The first kappa shape index (κ1) is 14.2. The van der Waals surface area contributed by atoms with E-state index in [1.54, 1.807) is 7.11 Å². The van der Waals surface area contributed by atoms with Gasteiger partial charge in [-0.15, -0.1) is 12.4 Å². The maximum atomic E-state index is 5.71. The van der Waals surface area contributed by atoms with E-state index in [1.807, 2.05) is 48.5 Å². The van der Waals surface area contributed by atoms with E-state index in [0.717, 1.165) is 23.7 Å². The van der Waals surface area contributed by atoms with E-state index in [1.165, 1.54) is 5.56 Å². The highest BCUT2D eigenvalue weighted by molar-refractivity contribution is 5.85. The van der Waals surface area contributed by atoms with Crippen LogP contribution in [0.15, 0.2) is 48.5 Å².